The minimum absolute atomic E-state index is 0. The summed E-state index contributed by atoms with van der Waals surface area (Å²) in [6.07, 6.45) is 21.5. The van der Waals surface area contributed by atoms with Gasteiger partial charge in [0.25, 0.3) is 0 Å². The molecule has 4 saturated heterocycles. The highest BCUT2D eigenvalue weighted by molar-refractivity contribution is 7.60. The lowest BCUT2D eigenvalue weighted by atomic mass is 10.0. The minimum Gasteiger partial charge on any atom is -0.453 e. The van der Waals surface area contributed by atoms with Crippen molar-refractivity contribution < 1.29 is 57.8 Å². The quantitative estimate of drug-likeness (QED) is 0.0115. The highest BCUT2D eigenvalue weighted by Crippen LogP contribution is 2.38. The Hall–Kier alpha value is -8.20. The van der Waals surface area contributed by atoms with Crippen LogP contribution in [0, 0.1) is 23.7 Å². The first-order valence-electron chi connectivity index (χ1n) is 38.1. The second-order valence-corrected chi connectivity index (χ2v) is 29.7. The third-order valence-corrected chi connectivity index (χ3v) is 20.8. The van der Waals surface area contributed by atoms with Crippen molar-refractivity contribution in [1.82, 2.24) is 70.1 Å². The maximum absolute atomic E-state index is 13.5. The molecular weight excluding hydrogens is 1660 g/mol. The third kappa shape index (κ3) is 25.9. The number of allylic oxidation sites excluding steroid dienone is 2. The molecular formula is C82H120N16O12S8. The zero-order chi connectivity index (χ0) is 78.1. The van der Waals surface area contributed by atoms with Gasteiger partial charge in [0.1, 0.15) is 47.5 Å². The second kappa shape index (κ2) is 49.5. The zero-order valence-corrected chi connectivity index (χ0v) is 76.9. The molecule has 4 aromatic carbocycles. The fraction of sp³-hybridized carbons (Fsp3) is 0.463. The van der Waals surface area contributed by atoms with Crippen LogP contribution in [0.2, 0.25) is 0 Å². The lowest BCUT2D eigenvalue weighted by Crippen LogP contribution is -2.51. The van der Waals surface area contributed by atoms with Gasteiger partial charge in [-0.3, -0.25) is 19.2 Å². The van der Waals surface area contributed by atoms with Crippen molar-refractivity contribution in [1.29, 1.82) is 0 Å². The van der Waals surface area contributed by atoms with E-state index in [4.69, 9.17) is 29.2 Å². The number of imidazole rings is 4. The van der Waals surface area contributed by atoms with Crippen molar-refractivity contribution in [2.45, 2.75) is 168 Å². The van der Waals surface area contributed by atoms with Crippen LogP contribution in [0.15, 0.2) is 119 Å². The number of amides is 6. The highest BCUT2D eigenvalue weighted by atomic mass is 32.1. The number of nitrogens with zero attached hydrogens (tertiary/aromatic N) is 10. The molecule has 0 saturated carbocycles. The average Bonchev–Trinajstić information content (AvgIpc) is 1.65. The van der Waals surface area contributed by atoms with E-state index in [1.54, 1.807) is 0 Å². The van der Waals surface area contributed by atoms with Crippen molar-refractivity contribution in [3.8, 4) is 22.5 Å². The number of benzene rings is 4. The number of nitrogens with one attached hydrogen (secondary N) is 6. The van der Waals surface area contributed by atoms with Crippen LogP contribution in [0.1, 0.15) is 176 Å². The summed E-state index contributed by atoms with van der Waals surface area (Å²) in [5, 5.41) is 5.41. The van der Waals surface area contributed by atoms with Crippen LogP contribution >= 0.6 is 108 Å². The molecule has 8 atom stereocenters. The molecule has 8 heterocycles. The molecule has 0 bridgehead atoms. The Balaban J connectivity index is 0.000000571. The van der Waals surface area contributed by atoms with Gasteiger partial charge in [0.15, 0.2) is 0 Å². The molecule has 6 N–H and O–H groups in total. The van der Waals surface area contributed by atoms with Crippen molar-refractivity contribution in [2.75, 3.05) is 54.6 Å². The number of aliphatic imine (C=N–C) groups is 2. The molecule has 118 heavy (non-hydrogen) atoms. The number of methoxy groups -OCH3 is 2. The summed E-state index contributed by atoms with van der Waals surface area (Å²) >= 11 is 0. The zero-order valence-electron chi connectivity index (χ0n) is 68.9. The first-order valence-corrected chi connectivity index (χ1v) is 38.1. The molecule has 4 aliphatic rings. The van der Waals surface area contributed by atoms with Crippen LogP contribution in [-0.2, 0) is 61.0 Å². The maximum atomic E-state index is 13.5. The molecule has 8 aromatic rings. The van der Waals surface area contributed by atoms with Crippen LogP contribution in [0.5, 0.6) is 0 Å². The Morgan fingerprint density at radius 3 is 1.19 bits per heavy atom. The number of likely N-dealkylation sites (tertiary alicyclic amines) is 4. The van der Waals surface area contributed by atoms with E-state index >= 15 is 0 Å². The fourth-order valence-corrected chi connectivity index (χ4v) is 14.9. The number of hydrogen-bond donors (Lipinski definition) is 6. The van der Waals surface area contributed by atoms with E-state index in [1.807, 2.05) is 106 Å². The summed E-state index contributed by atoms with van der Waals surface area (Å²) < 4.78 is 9.52. The first-order chi connectivity index (χ1) is 53.1. The predicted octanol–water partition coefficient (Wildman–Crippen LogP) is 14.0. The number of hydrogen-bond acceptors (Lipinski definition) is 18. The predicted molar refractivity (Wildman–Crippen MR) is 502 cm³/mol. The summed E-state index contributed by atoms with van der Waals surface area (Å²) in [6.45, 7) is 18.0. The van der Waals surface area contributed by atoms with Gasteiger partial charge in [-0.15, -0.1) is 0 Å². The van der Waals surface area contributed by atoms with Crippen molar-refractivity contribution in [3.63, 3.8) is 0 Å². The van der Waals surface area contributed by atoms with Crippen LogP contribution < -0.4 is 10.6 Å². The SMILES string of the molecule is COOC=N[C@H](C(=O)N1CCCC1c1ncc(-c2ccc(C=CCc3ccc4nc([C@@H]5CCCN5C(=O)[C@@H](NC(=O)OC)C(C)C)[nH]c4c3)cc2)[nH]1)C(C)C.COOC=N[C@H](C(=O)N1CCCC1c1ncc(-c2ccc(CC=Cc3ccc4nc([C@@H]5CCCN5C(=O)[C@@H](NC(=O)OC)C(C)C)[nH]c4c3)cc2)[nH]1)C(C)C.S.S.S.S.S.S.S.S. The number of carbonyl (C=O) groups excluding carboxylic acids is 6. The molecule has 0 radical (unpaired) electrons. The summed E-state index contributed by atoms with van der Waals surface area (Å²) in [4.78, 5) is 146. The number of ether oxygens (including phenoxy) is 2. The van der Waals surface area contributed by atoms with Gasteiger partial charge < -0.3 is 69.4 Å². The monoisotopic (exact) mass is 1780 g/mol. The Kier molecular flexibility index (Phi) is 43.6. The molecule has 4 aliphatic heterocycles. The normalized spacial score (nSPS) is 17.4. The number of carbonyl (C=O) groups is 6. The van der Waals surface area contributed by atoms with Crippen molar-refractivity contribution in [2.24, 2.45) is 33.7 Å². The lowest BCUT2D eigenvalue weighted by Gasteiger charge is -2.29. The number of alkyl carbamates (subject to hydrolysis) is 2. The highest BCUT2D eigenvalue weighted by Gasteiger charge is 2.42. The van der Waals surface area contributed by atoms with Gasteiger partial charge in [-0.25, -0.2) is 39.5 Å². The molecule has 4 fully saturated rings. The minimum atomic E-state index is -0.678. The van der Waals surface area contributed by atoms with Crippen LogP contribution in [-0.4, -0.2) is 187 Å². The summed E-state index contributed by atoms with van der Waals surface area (Å²) in [5.74, 6) is 2.50. The van der Waals surface area contributed by atoms with E-state index in [9.17, 15) is 28.8 Å². The molecule has 12 rings (SSSR count). The van der Waals surface area contributed by atoms with Gasteiger partial charge in [0.2, 0.25) is 36.4 Å². The average molecular weight is 1780 g/mol. The van der Waals surface area contributed by atoms with Gasteiger partial charge in [0.05, 0.1) is 98.5 Å². The topological polar surface area (TPSA) is 334 Å². The molecule has 36 heteroatoms. The van der Waals surface area contributed by atoms with Crippen molar-refractivity contribution in [3.05, 3.63) is 155 Å². The van der Waals surface area contributed by atoms with Crippen LogP contribution in [0.4, 0.5) is 9.59 Å². The first kappa shape index (κ1) is 104. The van der Waals surface area contributed by atoms with E-state index in [2.05, 4.69) is 151 Å². The second-order valence-electron chi connectivity index (χ2n) is 29.7. The summed E-state index contributed by atoms with van der Waals surface area (Å²) in [5.41, 5.74) is 11.8. The Bertz CT molecular complexity index is 4610. The van der Waals surface area contributed by atoms with Gasteiger partial charge in [0, 0.05) is 26.2 Å². The Labute approximate surface area is 747 Å². The Morgan fingerprint density at radius 2 is 0.797 bits per heavy atom. The maximum Gasteiger partial charge on any atom is 0.407 e. The van der Waals surface area contributed by atoms with Gasteiger partial charge in [-0.05, 0) is 146 Å². The van der Waals surface area contributed by atoms with Crippen LogP contribution in [0.25, 0.3) is 56.7 Å². The molecule has 28 nitrogen and oxygen atoms in total. The molecule has 2 unspecified atom stereocenters. The summed E-state index contributed by atoms with van der Waals surface area (Å²) in [7, 11) is 5.38. The van der Waals surface area contributed by atoms with E-state index in [0.717, 1.165) is 149 Å². The molecule has 0 spiro atoms. The summed E-state index contributed by atoms with van der Waals surface area (Å²) in [6, 6.07) is 25.8. The van der Waals surface area contributed by atoms with E-state index in [-0.39, 0.29) is 179 Å². The number of aromatic amines is 4. The van der Waals surface area contributed by atoms with Gasteiger partial charge in [-0.1, -0.05) is 140 Å². The van der Waals surface area contributed by atoms with E-state index in [1.165, 1.54) is 46.8 Å². The lowest BCUT2D eigenvalue weighted by molar-refractivity contribution is -0.188. The molecule has 648 valence electrons. The van der Waals surface area contributed by atoms with E-state index in [0.29, 0.717) is 26.2 Å². The van der Waals surface area contributed by atoms with Crippen LogP contribution in [0.3, 0.4) is 0 Å². The van der Waals surface area contributed by atoms with Gasteiger partial charge in [-0.2, -0.15) is 118 Å². The number of H-pyrrole nitrogens is 4. The van der Waals surface area contributed by atoms with Gasteiger partial charge >= 0.3 is 12.2 Å². The third-order valence-electron chi connectivity index (χ3n) is 20.8. The molecule has 4 aromatic heterocycles. The Morgan fingerprint density at radius 1 is 0.441 bits per heavy atom. The smallest absolute Gasteiger partial charge is 0.407 e. The van der Waals surface area contributed by atoms with E-state index < -0.39 is 36.4 Å². The number of aromatic nitrogens is 8. The number of fused-ring (bicyclic) bond motifs is 2. The number of rotatable bonds is 28. The standard InChI is InChI=1S/2C41H52N8O6.8H2S/c2*1-25(2)35(43-24-55-54-6)39(50)48-20-8-12-33(48)37-42-23-32(46-37)29-17-14-27(15-18-29)10-7-11-28-16-19-30-31(22-28)45-38(44-30)34-13-9-21-49(34)40(51)36(26(3)4)47-41(52)53-5;;;;;;;;/h7,11,14-19,22-26,33-36H,8-10,12-13,20-21H2,1-6H3,(H,42,46)(H,44,45)(H,47,52);7,10,14-19,22-26,33-36H,8-9,11-13,20-21H2,1-6H3,(H,42,46)(H,44,45)(H,47,52);8*1H2/t2*33?,34-,35-,36-;;;;;;;;/m00......../s1. The molecule has 6 amide bonds. The largest absolute Gasteiger partial charge is 0.453 e. The van der Waals surface area contributed by atoms with Crippen molar-refractivity contribution >= 4 is 191 Å². The fourth-order valence-electron chi connectivity index (χ4n) is 14.9. The molecule has 0 aliphatic carbocycles.